The highest BCUT2D eigenvalue weighted by Gasteiger charge is 2.44. The van der Waals surface area contributed by atoms with E-state index in [1.54, 1.807) is 0 Å². The summed E-state index contributed by atoms with van der Waals surface area (Å²) in [6, 6.07) is -0.565. The van der Waals surface area contributed by atoms with Gasteiger partial charge in [0, 0.05) is 6.54 Å². The monoisotopic (exact) mass is 442 g/mol. The molecular weight excluding hydrogens is 420 g/mol. The molecular formula is C15H22N8O6S. The molecule has 5 atom stereocenters. The number of carbonyl (C=O) groups excluding carboxylic acids is 1. The number of carbonyl (C=O) groups is 1. The van der Waals surface area contributed by atoms with Crippen molar-refractivity contribution < 1.29 is 28.2 Å². The third-order valence-corrected chi connectivity index (χ3v) is 6.10. The molecule has 15 heteroatoms. The average molecular weight is 442 g/mol. The molecule has 0 spiro atoms. The molecule has 0 bridgehead atoms. The molecule has 2 saturated heterocycles. The minimum atomic E-state index is -4.18. The van der Waals surface area contributed by atoms with Crippen molar-refractivity contribution in [3.05, 3.63) is 12.7 Å². The van der Waals surface area contributed by atoms with Crippen molar-refractivity contribution in [1.29, 1.82) is 0 Å². The number of nitrogens with two attached hydrogens (primary N) is 1. The van der Waals surface area contributed by atoms with Crippen molar-refractivity contribution in [3.8, 4) is 0 Å². The molecule has 0 saturated carbocycles. The molecule has 0 unspecified atom stereocenters. The van der Waals surface area contributed by atoms with E-state index in [-0.39, 0.29) is 18.0 Å². The summed E-state index contributed by atoms with van der Waals surface area (Å²) >= 11 is 0. The van der Waals surface area contributed by atoms with E-state index in [0.717, 1.165) is 6.42 Å². The molecule has 0 aliphatic carbocycles. The third-order valence-electron chi connectivity index (χ3n) is 5.08. The number of aliphatic hydroxyl groups is 2. The van der Waals surface area contributed by atoms with Crippen molar-refractivity contribution in [3.63, 3.8) is 0 Å². The van der Waals surface area contributed by atoms with Crippen LogP contribution in [0, 0.1) is 0 Å². The van der Waals surface area contributed by atoms with E-state index in [4.69, 9.17) is 10.5 Å². The molecule has 1 amide bonds. The average Bonchev–Trinajstić information content (AvgIpc) is 3.42. The Morgan fingerprint density at radius 2 is 2.13 bits per heavy atom. The van der Waals surface area contributed by atoms with Gasteiger partial charge in [-0.05, 0) is 19.4 Å². The molecule has 4 rings (SSSR count). The van der Waals surface area contributed by atoms with E-state index in [1.807, 2.05) is 4.72 Å². The van der Waals surface area contributed by atoms with E-state index >= 15 is 0 Å². The number of fused-ring (bicyclic) bond motifs is 1. The maximum absolute atomic E-state index is 12.1. The number of hydrogen-bond acceptors (Lipinski definition) is 11. The molecule has 14 nitrogen and oxygen atoms in total. The number of anilines is 1. The van der Waals surface area contributed by atoms with E-state index in [2.05, 4.69) is 25.0 Å². The fourth-order valence-electron chi connectivity index (χ4n) is 3.52. The Morgan fingerprint density at radius 3 is 2.87 bits per heavy atom. The second-order valence-electron chi connectivity index (χ2n) is 7.10. The fraction of sp³-hybridized carbons (Fsp3) is 0.600. The summed E-state index contributed by atoms with van der Waals surface area (Å²) in [7, 11) is -4.18. The first-order valence-corrected chi connectivity index (χ1v) is 10.7. The zero-order valence-electron chi connectivity index (χ0n) is 15.7. The van der Waals surface area contributed by atoms with Crippen LogP contribution in [0.2, 0.25) is 0 Å². The van der Waals surface area contributed by atoms with Crippen molar-refractivity contribution >= 4 is 33.1 Å². The van der Waals surface area contributed by atoms with Crippen LogP contribution in [-0.2, 0) is 19.7 Å². The van der Waals surface area contributed by atoms with Gasteiger partial charge in [-0.25, -0.2) is 19.7 Å². The number of amides is 1. The Bertz CT molecular complexity index is 1040. The Labute approximate surface area is 171 Å². The Balaban J connectivity index is 1.42. The van der Waals surface area contributed by atoms with E-state index < -0.39 is 46.7 Å². The number of imidazole rings is 1. The Kier molecular flexibility index (Phi) is 5.56. The van der Waals surface area contributed by atoms with Crippen LogP contribution in [0.1, 0.15) is 19.1 Å². The van der Waals surface area contributed by atoms with Gasteiger partial charge in [-0.3, -0.25) is 9.36 Å². The largest absolute Gasteiger partial charge is 0.387 e. The molecule has 2 fully saturated rings. The summed E-state index contributed by atoms with van der Waals surface area (Å²) in [6.07, 6.45) is -1.06. The van der Waals surface area contributed by atoms with Gasteiger partial charge in [0.25, 0.3) is 5.91 Å². The summed E-state index contributed by atoms with van der Waals surface area (Å²) in [5.74, 6) is -0.517. The summed E-state index contributed by atoms with van der Waals surface area (Å²) in [6.45, 7) is 0.269. The first-order valence-electron chi connectivity index (χ1n) is 9.26. The van der Waals surface area contributed by atoms with Gasteiger partial charge in [0.05, 0.1) is 12.4 Å². The SMILES string of the molecule is Nc1ncnc2c1ncn2[C@@H]1O[C@H](CNS(=O)(=O)NC(=O)[C@@H]2CCCN2)[C@H](O)[C@@H]1O. The van der Waals surface area contributed by atoms with Gasteiger partial charge in [0.15, 0.2) is 17.7 Å². The predicted octanol–water partition coefficient (Wildman–Crippen LogP) is -3.27. The summed E-state index contributed by atoms with van der Waals surface area (Å²) in [5, 5.41) is 23.6. The topological polar surface area (TPSA) is 207 Å². The molecule has 0 radical (unpaired) electrons. The number of aromatic nitrogens is 4. The second kappa shape index (κ2) is 8.01. The maximum Gasteiger partial charge on any atom is 0.301 e. The molecule has 164 valence electrons. The van der Waals surface area contributed by atoms with E-state index in [0.29, 0.717) is 18.5 Å². The quantitative estimate of drug-likeness (QED) is 0.261. The lowest BCUT2D eigenvalue weighted by Crippen LogP contribution is -2.49. The van der Waals surface area contributed by atoms with Crippen LogP contribution in [0.3, 0.4) is 0 Å². The predicted molar refractivity (Wildman–Crippen MR) is 102 cm³/mol. The standard InChI is InChI=1S/C15H22N8O6S/c16-12-9-13(19-5-18-12)23(6-20-9)15-11(25)10(24)8(29-15)4-21-30(27,28)22-14(26)7-2-1-3-17-7/h5-8,10-11,15,17,21,24-25H,1-4H2,(H,22,26)(H2,16,18,19)/t7-,8+,10-,11-,15+/m0/s1. The summed E-state index contributed by atoms with van der Waals surface area (Å²) in [5.41, 5.74) is 6.33. The van der Waals surface area contributed by atoms with E-state index in [9.17, 15) is 23.4 Å². The lowest BCUT2D eigenvalue weighted by Gasteiger charge is -2.17. The van der Waals surface area contributed by atoms with Gasteiger partial charge >= 0.3 is 10.2 Å². The van der Waals surface area contributed by atoms with Crippen LogP contribution in [0.25, 0.3) is 11.2 Å². The van der Waals surface area contributed by atoms with Crippen LogP contribution >= 0.6 is 0 Å². The number of nitrogens with one attached hydrogen (secondary N) is 3. The first kappa shape index (κ1) is 20.8. The van der Waals surface area contributed by atoms with Crippen molar-refractivity contribution in [2.75, 3.05) is 18.8 Å². The molecule has 2 aliphatic heterocycles. The Morgan fingerprint density at radius 1 is 1.33 bits per heavy atom. The summed E-state index contributed by atoms with van der Waals surface area (Å²) < 4.78 is 35.4. The van der Waals surface area contributed by atoms with Gasteiger partial charge in [-0.15, -0.1) is 0 Å². The number of aliphatic hydroxyl groups excluding tert-OH is 2. The second-order valence-corrected chi connectivity index (χ2v) is 8.60. The highest BCUT2D eigenvalue weighted by molar-refractivity contribution is 7.88. The highest BCUT2D eigenvalue weighted by Crippen LogP contribution is 2.31. The molecule has 2 aromatic rings. The van der Waals surface area contributed by atoms with Crippen LogP contribution in [0.5, 0.6) is 0 Å². The zero-order valence-corrected chi connectivity index (χ0v) is 16.5. The number of ether oxygens (including phenoxy) is 1. The molecule has 4 heterocycles. The number of nitrogen functional groups attached to an aromatic ring is 1. The molecule has 2 aliphatic rings. The van der Waals surface area contributed by atoms with Crippen LogP contribution in [0.4, 0.5) is 5.82 Å². The first-order chi connectivity index (χ1) is 14.3. The minimum Gasteiger partial charge on any atom is -0.387 e. The normalized spacial score (nSPS) is 29.5. The lowest BCUT2D eigenvalue weighted by atomic mass is 10.1. The van der Waals surface area contributed by atoms with Gasteiger partial charge in [-0.1, -0.05) is 0 Å². The number of nitrogens with zero attached hydrogens (tertiary/aromatic N) is 4. The molecule has 2 aromatic heterocycles. The number of rotatable bonds is 6. The van der Waals surface area contributed by atoms with Crippen LogP contribution in [-0.4, -0.2) is 81.5 Å². The van der Waals surface area contributed by atoms with Crippen molar-refractivity contribution in [2.24, 2.45) is 0 Å². The molecule has 7 N–H and O–H groups in total. The zero-order chi connectivity index (χ0) is 21.5. The smallest absolute Gasteiger partial charge is 0.301 e. The van der Waals surface area contributed by atoms with Gasteiger partial charge in [0.2, 0.25) is 0 Å². The summed E-state index contributed by atoms with van der Waals surface area (Å²) in [4.78, 5) is 24.0. The van der Waals surface area contributed by atoms with Gasteiger partial charge in [-0.2, -0.15) is 13.1 Å². The third kappa shape index (κ3) is 3.94. The fourth-order valence-corrected chi connectivity index (χ4v) is 4.39. The van der Waals surface area contributed by atoms with Crippen LogP contribution in [0.15, 0.2) is 12.7 Å². The van der Waals surface area contributed by atoms with Crippen molar-refractivity contribution in [2.45, 2.75) is 43.4 Å². The lowest BCUT2D eigenvalue weighted by molar-refractivity contribution is -0.121. The highest BCUT2D eigenvalue weighted by atomic mass is 32.2. The van der Waals surface area contributed by atoms with Gasteiger partial charge < -0.3 is 26.0 Å². The number of hydrogen-bond donors (Lipinski definition) is 6. The molecule has 0 aromatic carbocycles. The van der Waals surface area contributed by atoms with E-state index in [1.165, 1.54) is 17.2 Å². The van der Waals surface area contributed by atoms with Gasteiger partial charge in [0.1, 0.15) is 30.2 Å². The maximum atomic E-state index is 12.1. The molecule has 30 heavy (non-hydrogen) atoms. The Hall–Kier alpha value is -2.43. The minimum absolute atomic E-state index is 0.142. The van der Waals surface area contributed by atoms with Crippen molar-refractivity contribution in [1.82, 2.24) is 34.3 Å². The van der Waals surface area contributed by atoms with Crippen LogP contribution < -0.4 is 20.5 Å².